The molecule has 18 heavy (non-hydrogen) atoms. The Morgan fingerprint density at radius 2 is 2.11 bits per heavy atom. The van der Waals surface area contributed by atoms with E-state index in [1.54, 1.807) is 0 Å². The van der Waals surface area contributed by atoms with Crippen molar-refractivity contribution in [3.8, 4) is 23.8 Å². The molecule has 0 amide bonds. The van der Waals surface area contributed by atoms with Crippen LogP contribution in [-0.4, -0.2) is 24.0 Å². The molecule has 0 spiro atoms. The fourth-order valence-electron chi connectivity index (χ4n) is 1.12. The van der Waals surface area contributed by atoms with Crippen LogP contribution in [0.1, 0.15) is 10.4 Å². The molecule has 0 heterocycles. The van der Waals surface area contributed by atoms with Gasteiger partial charge in [-0.1, -0.05) is 5.92 Å². The van der Waals surface area contributed by atoms with Crippen LogP contribution in [0.3, 0.4) is 0 Å². The number of benzene rings is 1. The Hall–Kier alpha value is -2.36. The second-order valence-corrected chi connectivity index (χ2v) is 3.00. The molecule has 0 aliphatic heterocycles. The van der Waals surface area contributed by atoms with Gasteiger partial charge < -0.3 is 14.6 Å². The molecule has 1 rings (SSSR count). The largest absolute Gasteiger partial charge is 0.573 e. The van der Waals surface area contributed by atoms with Gasteiger partial charge in [-0.3, -0.25) is 0 Å². The second-order valence-electron chi connectivity index (χ2n) is 3.00. The molecule has 96 valence electrons. The number of hydrogen-bond acceptors (Lipinski definition) is 3. The van der Waals surface area contributed by atoms with Gasteiger partial charge in [0, 0.05) is 0 Å². The summed E-state index contributed by atoms with van der Waals surface area (Å²) in [6.45, 7) is -0.195. The number of terminal acetylenes is 1. The van der Waals surface area contributed by atoms with Crippen molar-refractivity contribution in [2.75, 3.05) is 6.61 Å². The maximum atomic E-state index is 11.9. The molecule has 1 aromatic carbocycles. The molecule has 1 aromatic rings. The standard InChI is InChI=1S/C11H7F3O4/c1-2-5-17-9-4-3-7(18-11(12,13)14)6-8(9)10(15)16/h1,3-4,6H,5H2,(H,15,16). The molecule has 0 aliphatic rings. The van der Waals surface area contributed by atoms with E-state index in [0.29, 0.717) is 6.07 Å². The Kier molecular flexibility index (Phi) is 4.05. The third kappa shape index (κ3) is 3.90. The van der Waals surface area contributed by atoms with Crippen molar-refractivity contribution in [1.82, 2.24) is 0 Å². The Labute approximate surface area is 99.9 Å². The SMILES string of the molecule is C#CCOc1ccc(OC(F)(F)F)cc1C(=O)O. The van der Waals surface area contributed by atoms with E-state index >= 15 is 0 Å². The summed E-state index contributed by atoms with van der Waals surface area (Å²) in [5.74, 6) is -0.116. The molecule has 0 unspecified atom stereocenters. The van der Waals surface area contributed by atoms with Gasteiger partial charge >= 0.3 is 12.3 Å². The smallest absolute Gasteiger partial charge is 0.480 e. The predicted molar refractivity (Wildman–Crippen MR) is 54.4 cm³/mol. The van der Waals surface area contributed by atoms with E-state index in [2.05, 4.69) is 10.7 Å². The van der Waals surface area contributed by atoms with Gasteiger partial charge in [-0.2, -0.15) is 0 Å². The molecule has 0 radical (unpaired) electrons. The fraction of sp³-hybridized carbons (Fsp3) is 0.182. The minimum atomic E-state index is -4.89. The summed E-state index contributed by atoms with van der Waals surface area (Å²) >= 11 is 0. The van der Waals surface area contributed by atoms with Gasteiger partial charge in [0.05, 0.1) is 0 Å². The zero-order chi connectivity index (χ0) is 13.8. The molecule has 0 saturated carbocycles. The van der Waals surface area contributed by atoms with Crippen LogP contribution in [-0.2, 0) is 0 Å². The lowest BCUT2D eigenvalue weighted by Crippen LogP contribution is -2.17. The summed E-state index contributed by atoms with van der Waals surface area (Å²) in [6, 6.07) is 2.69. The number of carbonyl (C=O) groups is 1. The first kappa shape index (κ1) is 13.7. The van der Waals surface area contributed by atoms with Crippen molar-refractivity contribution in [3.63, 3.8) is 0 Å². The van der Waals surface area contributed by atoms with Gasteiger partial charge in [0.1, 0.15) is 23.7 Å². The first-order valence-corrected chi connectivity index (χ1v) is 4.53. The highest BCUT2D eigenvalue weighted by Gasteiger charge is 2.31. The highest BCUT2D eigenvalue weighted by Crippen LogP contribution is 2.28. The van der Waals surface area contributed by atoms with Crippen molar-refractivity contribution in [1.29, 1.82) is 0 Å². The summed E-state index contributed by atoms with van der Waals surface area (Å²) < 4.78 is 44.3. The van der Waals surface area contributed by atoms with Crippen molar-refractivity contribution < 1.29 is 32.5 Å². The number of carboxylic acids is 1. The van der Waals surface area contributed by atoms with Crippen LogP contribution in [0.5, 0.6) is 11.5 Å². The van der Waals surface area contributed by atoms with E-state index in [9.17, 15) is 18.0 Å². The quantitative estimate of drug-likeness (QED) is 0.844. The van der Waals surface area contributed by atoms with Crippen molar-refractivity contribution in [2.24, 2.45) is 0 Å². The first-order chi connectivity index (χ1) is 8.33. The van der Waals surface area contributed by atoms with E-state index in [1.165, 1.54) is 0 Å². The Balaban J connectivity index is 3.04. The highest BCUT2D eigenvalue weighted by atomic mass is 19.4. The zero-order valence-electron chi connectivity index (χ0n) is 8.82. The molecule has 0 saturated heterocycles. The average molecular weight is 260 g/mol. The molecule has 0 aliphatic carbocycles. The normalized spacial score (nSPS) is 10.6. The molecule has 0 fully saturated rings. The Morgan fingerprint density at radius 3 is 2.61 bits per heavy atom. The first-order valence-electron chi connectivity index (χ1n) is 4.53. The zero-order valence-corrected chi connectivity index (χ0v) is 8.82. The van der Waals surface area contributed by atoms with Crippen LogP contribution in [0.4, 0.5) is 13.2 Å². The molecule has 4 nitrogen and oxygen atoms in total. The molecule has 0 aromatic heterocycles. The monoisotopic (exact) mass is 260 g/mol. The summed E-state index contributed by atoms with van der Waals surface area (Å²) in [4.78, 5) is 10.8. The number of rotatable bonds is 4. The molecule has 1 N–H and O–H groups in total. The minimum Gasteiger partial charge on any atom is -0.480 e. The summed E-state index contributed by atoms with van der Waals surface area (Å²) in [5, 5.41) is 8.82. The molecular formula is C11H7F3O4. The molecular weight excluding hydrogens is 253 g/mol. The van der Waals surface area contributed by atoms with Gasteiger partial charge in [0.25, 0.3) is 0 Å². The summed E-state index contributed by atoms with van der Waals surface area (Å²) in [6.07, 6.45) is 0.0279. The molecule has 0 bridgehead atoms. The number of carboxylic acid groups (broad SMARTS) is 1. The third-order valence-electron chi connectivity index (χ3n) is 1.73. The molecule has 0 atom stereocenters. The van der Waals surface area contributed by atoms with Crippen LogP contribution < -0.4 is 9.47 Å². The maximum absolute atomic E-state index is 11.9. The van der Waals surface area contributed by atoms with Crippen LogP contribution >= 0.6 is 0 Å². The van der Waals surface area contributed by atoms with Gasteiger partial charge in [-0.25, -0.2) is 4.79 Å². The third-order valence-corrected chi connectivity index (χ3v) is 1.73. The Morgan fingerprint density at radius 1 is 1.44 bits per heavy atom. The lowest BCUT2D eigenvalue weighted by Gasteiger charge is -2.11. The second kappa shape index (κ2) is 5.31. The van der Waals surface area contributed by atoms with Crippen LogP contribution in [0.15, 0.2) is 18.2 Å². The number of aromatic carboxylic acids is 1. The summed E-state index contributed by atoms with van der Waals surface area (Å²) in [5.41, 5.74) is -0.466. The topological polar surface area (TPSA) is 55.8 Å². The van der Waals surface area contributed by atoms with Gasteiger partial charge in [-0.05, 0) is 18.2 Å². The minimum absolute atomic E-state index is 0.130. The number of alkyl halides is 3. The van der Waals surface area contributed by atoms with Crippen LogP contribution in [0, 0.1) is 12.3 Å². The van der Waals surface area contributed by atoms with Crippen molar-refractivity contribution >= 4 is 5.97 Å². The predicted octanol–water partition coefficient (Wildman–Crippen LogP) is 2.30. The highest BCUT2D eigenvalue weighted by molar-refractivity contribution is 5.91. The Bertz CT molecular complexity index is 488. The van der Waals surface area contributed by atoms with E-state index in [4.69, 9.17) is 16.3 Å². The van der Waals surface area contributed by atoms with Gasteiger partial charge in [0.2, 0.25) is 0 Å². The maximum Gasteiger partial charge on any atom is 0.573 e. The van der Waals surface area contributed by atoms with E-state index < -0.39 is 23.6 Å². The van der Waals surface area contributed by atoms with Crippen molar-refractivity contribution in [2.45, 2.75) is 6.36 Å². The van der Waals surface area contributed by atoms with Gasteiger partial charge in [0.15, 0.2) is 0 Å². The van der Waals surface area contributed by atoms with E-state index in [1.807, 2.05) is 0 Å². The van der Waals surface area contributed by atoms with Crippen LogP contribution in [0.2, 0.25) is 0 Å². The molecule has 7 heteroatoms. The van der Waals surface area contributed by atoms with Crippen LogP contribution in [0.25, 0.3) is 0 Å². The number of halogens is 3. The summed E-state index contributed by atoms with van der Waals surface area (Å²) in [7, 11) is 0. The lowest BCUT2D eigenvalue weighted by atomic mass is 10.2. The lowest BCUT2D eigenvalue weighted by molar-refractivity contribution is -0.274. The average Bonchev–Trinajstić information content (AvgIpc) is 2.25. The van der Waals surface area contributed by atoms with E-state index in [-0.39, 0.29) is 12.4 Å². The fourth-order valence-corrected chi connectivity index (χ4v) is 1.12. The van der Waals surface area contributed by atoms with E-state index in [0.717, 1.165) is 12.1 Å². The van der Waals surface area contributed by atoms with Crippen molar-refractivity contribution in [3.05, 3.63) is 23.8 Å². The number of hydrogen-bond donors (Lipinski definition) is 1. The number of ether oxygens (including phenoxy) is 2. The van der Waals surface area contributed by atoms with Gasteiger partial charge in [-0.15, -0.1) is 19.6 Å².